The first-order valence-corrected chi connectivity index (χ1v) is 10.4. The highest BCUT2D eigenvalue weighted by Crippen LogP contribution is 2.63. The van der Waals surface area contributed by atoms with E-state index < -0.39 is 41.0 Å². The Morgan fingerprint density at radius 1 is 1.33 bits per heavy atom. The summed E-state index contributed by atoms with van der Waals surface area (Å²) in [5, 5.41) is 2.98. The fraction of sp³-hybridized carbons (Fsp3) is 0.750. The summed E-state index contributed by atoms with van der Waals surface area (Å²) in [7, 11) is 0. The SMILES string of the molecule is C#[N+][C@@]12CC[C@@]3(C)OO[C@@]14C(CC[C@H]2C)[C@@H](C)C(Nc1[nH]c(=O)ncc1F)O[C@@H]4O3. The van der Waals surface area contributed by atoms with Gasteiger partial charge in [-0.15, -0.1) is 0 Å². The van der Waals surface area contributed by atoms with Gasteiger partial charge in [-0.05, 0) is 19.8 Å². The molecule has 0 aromatic carbocycles. The topological polar surface area (TPSA) is 99.1 Å². The summed E-state index contributed by atoms with van der Waals surface area (Å²) in [6.45, 7) is 11.9. The largest absolute Gasteiger partial charge is 0.346 e. The monoisotopic (exact) mass is 421 g/mol. The molecular formula is C20H26FN4O5+. The molecule has 9 nitrogen and oxygen atoms in total. The molecule has 6 rings (SSSR count). The van der Waals surface area contributed by atoms with Gasteiger partial charge in [0.25, 0.3) is 6.57 Å². The number of H-pyrrole nitrogens is 1. The first-order chi connectivity index (χ1) is 14.2. The molecule has 5 fully saturated rings. The second kappa shape index (κ2) is 6.47. The molecule has 0 amide bonds. The molecule has 2 unspecified atom stereocenters. The fourth-order valence-electron chi connectivity index (χ4n) is 5.93. The molecule has 2 N–H and O–H groups in total. The molecule has 4 saturated heterocycles. The van der Waals surface area contributed by atoms with E-state index in [2.05, 4.69) is 27.1 Å². The van der Waals surface area contributed by atoms with Crippen LogP contribution in [-0.4, -0.2) is 39.4 Å². The van der Waals surface area contributed by atoms with Crippen LogP contribution >= 0.6 is 0 Å². The van der Waals surface area contributed by atoms with Gasteiger partial charge in [0.05, 0.1) is 6.20 Å². The van der Waals surface area contributed by atoms with Gasteiger partial charge in [-0.25, -0.2) is 19.0 Å². The number of halogens is 1. The molecule has 1 aromatic heterocycles. The molecule has 1 aromatic rings. The second-order valence-corrected chi connectivity index (χ2v) is 9.15. The molecule has 0 radical (unpaired) electrons. The van der Waals surface area contributed by atoms with Crippen molar-refractivity contribution in [2.45, 2.75) is 75.9 Å². The van der Waals surface area contributed by atoms with E-state index in [4.69, 9.17) is 25.8 Å². The summed E-state index contributed by atoms with van der Waals surface area (Å²) < 4.78 is 26.8. The van der Waals surface area contributed by atoms with Crippen molar-refractivity contribution < 1.29 is 23.6 Å². The molecule has 30 heavy (non-hydrogen) atoms. The third kappa shape index (κ3) is 2.46. The molecule has 2 bridgehead atoms. The van der Waals surface area contributed by atoms with Crippen LogP contribution in [0.1, 0.15) is 46.5 Å². The molecule has 8 atom stereocenters. The van der Waals surface area contributed by atoms with Gasteiger partial charge in [-0.1, -0.05) is 18.7 Å². The Labute approximate surface area is 173 Å². The third-order valence-electron chi connectivity index (χ3n) is 7.64. The lowest BCUT2D eigenvalue weighted by molar-refractivity contribution is -0.569. The van der Waals surface area contributed by atoms with Crippen molar-refractivity contribution in [3.05, 3.63) is 27.3 Å². The average Bonchev–Trinajstić information content (AvgIpc) is 2.92. The summed E-state index contributed by atoms with van der Waals surface area (Å²) in [5.74, 6) is -1.86. The van der Waals surface area contributed by atoms with Crippen LogP contribution in [0.2, 0.25) is 0 Å². The minimum Gasteiger partial charge on any atom is -0.343 e. The van der Waals surface area contributed by atoms with E-state index in [1.807, 2.05) is 6.92 Å². The smallest absolute Gasteiger partial charge is 0.343 e. The number of hydrogen-bond acceptors (Lipinski definition) is 7. The van der Waals surface area contributed by atoms with Gasteiger partial charge in [0, 0.05) is 30.6 Å². The van der Waals surface area contributed by atoms with Crippen LogP contribution in [-0.2, 0) is 19.2 Å². The van der Waals surface area contributed by atoms with Gasteiger partial charge < -0.3 is 14.8 Å². The lowest BCUT2D eigenvalue weighted by Crippen LogP contribution is -2.76. The number of ether oxygens (including phenoxy) is 2. The lowest BCUT2D eigenvalue weighted by Gasteiger charge is -2.59. The Kier molecular flexibility index (Phi) is 4.29. The molecule has 5 aliphatic rings. The predicted octanol–water partition coefficient (Wildman–Crippen LogP) is 2.61. The van der Waals surface area contributed by atoms with Crippen LogP contribution < -0.4 is 11.0 Å². The number of aromatic amines is 1. The average molecular weight is 421 g/mol. The predicted molar refractivity (Wildman–Crippen MR) is 103 cm³/mol. The van der Waals surface area contributed by atoms with E-state index >= 15 is 0 Å². The van der Waals surface area contributed by atoms with E-state index in [9.17, 15) is 9.18 Å². The second-order valence-electron chi connectivity index (χ2n) is 9.15. The van der Waals surface area contributed by atoms with Gasteiger partial charge >= 0.3 is 11.2 Å². The quantitative estimate of drug-likeness (QED) is 0.708. The maximum absolute atomic E-state index is 14.2. The Morgan fingerprint density at radius 2 is 2.13 bits per heavy atom. The first-order valence-electron chi connectivity index (χ1n) is 10.4. The van der Waals surface area contributed by atoms with E-state index in [0.717, 1.165) is 19.0 Å². The van der Waals surface area contributed by atoms with Crippen LogP contribution in [0, 0.1) is 30.1 Å². The Bertz CT molecular complexity index is 967. The fourth-order valence-corrected chi connectivity index (χ4v) is 5.93. The van der Waals surface area contributed by atoms with Gasteiger partial charge in [-0.3, -0.25) is 4.98 Å². The lowest BCUT2D eigenvalue weighted by atomic mass is 9.54. The van der Waals surface area contributed by atoms with Crippen LogP contribution in [0.3, 0.4) is 0 Å². The highest BCUT2D eigenvalue weighted by atomic mass is 19.1. The first kappa shape index (κ1) is 19.9. The number of hydrogen-bond donors (Lipinski definition) is 2. The summed E-state index contributed by atoms with van der Waals surface area (Å²) in [4.78, 5) is 33.6. The molecule has 10 heteroatoms. The normalized spacial score (nSPS) is 47.1. The van der Waals surface area contributed by atoms with Crippen LogP contribution in [0.15, 0.2) is 11.0 Å². The number of fused-ring (bicyclic) bond motifs is 2. The number of anilines is 1. The van der Waals surface area contributed by atoms with E-state index in [1.165, 1.54) is 0 Å². The number of nitrogens with one attached hydrogen (secondary N) is 2. The van der Waals surface area contributed by atoms with Crippen molar-refractivity contribution in [2.24, 2.45) is 17.8 Å². The Morgan fingerprint density at radius 3 is 2.90 bits per heavy atom. The van der Waals surface area contributed by atoms with Crippen molar-refractivity contribution in [3.8, 4) is 6.57 Å². The zero-order valence-electron chi connectivity index (χ0n) is 17.2. The zero-order chi connectivity index (χ0) is 21.3. The van der Waals surface area contributed by atoms with Gasteiger partial charge in [0.15, 0.2) is 5.82 Å². The molecule has 1 aliphatic carbocycles. The molecule has 1 saturated carbocycles. The molecule has 1 spiro atoms. The number of rotatable bonds is 2. The third-order valence-corrected chi connectivity index (χ3v) is 7.64. The molecule has 5 heterocycles. The van der Waals surface area contributed by atoms with Gasteiger partial charge in [-0.2, -0.15) is 4.98 Å². The minimum atomic E-state index is -1.02. The molecule has 162 valence electrons. The Balaban J connectivity index is 1.57. The minimum absolute atomic E-state index is 0.0797. The van der Waals surface area contributed by atoms with E-state index in [-0.39, 0.29) is 23.6 Å². The van der Waals surface area contributed by atoms with Crippen LogP contribution in [0.5, 0.6) is 0 Å². The Hall–Kier alpha value is -2.06. The van der Waals surface area contributed by atoms with Crippen molar-refractivity contribution in [1.82, 2.24) is 9.97 Å². The highest BCUT2D eigenvalue weighted by Gasteiger charge is 2.81. The van der Waals surface area contributed by atoms with Crippen LogP contribution in [0.4, 0.5) is 10.2 Å². The number of nitrogens with zero attached hydrogens (tertiary/aromatic N) is 2. The van der Waals surface area contributed by atoms with Gasteiger partial charge in [0.1, 0.15) is 12.0 Å². The summed E-state index contributed by atoms with van der Waals surface area (Å²) in [6, 6.07) is 0. The number of aromatic nitrogens is 2. The van der Waals surface area contributed by atoms with Crippen molar-refractivity contribution >= 4 is 5.82 Å². The molecule has 4 aliphatic heterocycles. The van der Waals surface area contributed by atoms with Crippen LogP contribution in [0.25, 0.3) is 4.85 Å². The van der Waals surface area contributed by atoms with E-state index in [1.54, 1.807) is 6.92 Å². The summed E-state index contributed by atoms with van der Waals surface area (Å²) >= 11 is 0. The summed E-state index contributed by atoms with van der Waals surface area (Å²) in [6.07, 6.45) is 2.31. The van der Waals surface area contributed by atoms with Gasteiger partial charge in [0.2, 0.25) is 17.7 Å². The van der Waals surface area contributed by atoms with E-state index in [0.29, 0.717) is 12.8 Å². The van der Waals surface area contributed by atoms with Crippen molar-refractivity contribution in [2.75, 3.05) is 5.32 Å². The summed E-state index contributed by atoms with van der Waals surface area (Å²) in [5.41, 5.74) is -2.40. The standard InChI is InChI=1S/C20H25FN4O5/c1-10-5-6-12-11(2)15(24-14-13(21)9-23-17(26)25-14)27-16-20(12)19(10,22-4)8-7-18(3,28-16)29-30-20/h4,9-12,15-16H,5-8H2,1-3H3,(H-,23,24,25,26)/p+1/t10-,11-,12?,15?,16-,18-,19-,20-/m1/s1. The highest BCUT2D eigenvalue weighted by molar-refractivity contribution is 5.36. The van der Waals surface area contributed by atoms with Crippen molar-refractivity contribution in [3.63, 3.8) is 0 Å². The van der Waals surface area contributed by atoms with Crippen molar-refractivity contribution in [1.29, 1.82) is 0 Å². The zero-order valence-corrected chi connectivity index (χ0v) is 17.2. The molecular weight excluding hydrogens is 395 g/mol. The maximum atomic E-state index is 14.2. The maximum Gasteiger partial charge on any atom is 0.346 e.